The summed E-state index contributed by atoms with van der Waals surface area (Å²) in [4.78, 5) is 17.1. The number of halogens is 2. The van der Waals surface area contributed by atoms with Gasteiger partial charge in [-0.25, -0.2) is 0 Å². The highest BCUT2D eigenvalue weighted by Gasteiger charge is 2.31. The molecule has 0 bridgehead atoms. The first-order valence-corrected chi connectivity index (χ1v) is 9.57. The number of nitrogens with zero attached hydrogens (tertiary/aromatic N) is 2. The van der Waals surface area contributed by atoms with Gasteiger partial charge in [0.1, 0.15) is 12.4 Å². The first-order valence-electron chi connectivity index (χ1n) is 8.81. The third-order valence-electron chi connectivity index (χ3n) is 5.06. The van der Waals surface area contributed by atoms with Crippen molar-refractivity contribution in [2.45, 2.75) is 6.42 Å². The van der Waals surface area contributed by atoms with Gasteiger partial charge >= 0.3 is 0 Å². The number of para-hydroxylation sites is 1. The molecule has 0 spiro atoms. The van der Waals surface area contributed by atoms with Crippen molar-refractivity contribution in [2.75, 3.05) is 37.7 Å². The normalized spacial score (nSPS) is 19.7. The van der Waals surface area contributed by atoms with Crippen molar-refractivity contribution < 1.29 is 9.53 Å². The number of hydrogen-bond donors (Lipinski definition) is 0. The van der Waals surface area contributed by atoms with Crippen LogP contribution in [-0.2, 0) is 11.2 Å². The van der Waals surface area contributed by atoms with Gasteiger partial charge in [0.15, 0.2) is 0 Å². The van der Waals surface area contributed by atoms with Crippen LogP contribution in [0.15, 0.2) is 42.5 Å². The van der Waals surface area contributed by atoms with Crippen molar-refractivity contribution in [3.63, 3.8) is 0 Å². The predicted octanol–water partition coefficient (Wildman–Crippen LogP) is 3.89. The number of carbonyl (C=O) groups is 1. The average molecular weight is 391 g/mol. The minimum absolute atomic E-state index is 0.146. The van der Waals surface area contributed by atoms with Crippen LogP contribution in [0.3, 0.4) is 0 Å². The minimum Gasteiger partial charge on any atom is -0.492 e. The number of amides is 1. The lowest BCUT2D eigenvalue weighted by Gasteiger charge is -2.38. The number of ether oxygens (including phenoxy) is 1. The Balaban J connectivity index is 1.39. The van der Waals surface area contributed by atoms with Gasteiger partial charge in [0.05, 0.1) is 16.6 Å². The zero-order chi connectivity index (χ0) is 18.1. The van der Waals surface area contributed by atoms with E-state index in [0.717, 1.165) is 35.1 Å². The van der Waals surface area contributed by atoms with Crippen LogP contribution in [0.5, 0.6) is 5.75 Å². The Bertz CT molecular complexity index is 819. The van der Waals surface area contributed by atoms with Gasteiger partial charge in [0, 0.05) is 31.2 Å². The molecule has 1 amide bonds. The molecule has 2 aromatic rings. The molecule has 1 saturated heterocycles. The van der Waals surface area contributed by atoms with Crippen LogP contribution in [-0.4, -0.2) is 43.6 Å². The maximum atomic E-state index is 12.9. The zero-order valence-corrected chi connectivity index (χ0v) is 15.8. The standard InChI is InChI=1S/C20H20Cl2N2O2/c21-16-5-6-19-14(12-16)11-15(13-26-19)20(25)24-9-7-23(8-10-24)18-4-2-1-3-17(18)22/h1-6,12,15H,7-11,13H2/t15-/m0/s1. The van der Waals surface area contributed by atoms with Crippen LogP contribution >= 0.6 is 23.2 Å². The van der Waals surface area contributed by atoms with Gasteiger partial charge in [0.2, 0.25) is 5.91 Å². The van der Waals surface area contributed by atoms with Gasteiger partial charge in [0.25, 0.3) is 0 Å². The molecule has 1 atom stereocenters. The van der Waals surface area contributed by atoms with E-state index in [9.17, 15) is 4.79 Å². The Morgan fingerprint density at radius 2 is 1.81 bits per heavy atom. The molecule has 4 nitrogen and oxygen atoms in total. The molecule has 2 aliphatic heterocycles. The highest BCUT2D eigenvalue weighted by atomic mass is 35.5. The lowest BCUT2D eigenvalue weighted by molar-refractivity contribution is -0.137. The summed E-state index contributed by atoms with van der Waals surface area (Å²) in [6.07, 6.45) is 0.680. The van der Waals surface area contributed by atoms with Crippen LogP contribution in [0.25, 0.3) is 0 Å². The number of benzene rings is 2. The maximum absolute atomic E-state index is 12.9. The number of rotatable bonds is 2. The van der Waals surface area contributed by atoms with Gasteiger partial charge in [-0.2, -0.15) is 0 Å². The van der Waals surface area contributed by atoms with E-state index >= 15 is 0 Å². The fraction of sp³-hybridized carbons (Fsp3) is 0.350. The van der Waals surface area contributed by atoms with E-state index in [0.29, 0.717) is 31.1 Å². The second-order valence-corrected chi connectivity index (χ2v) is 7.57. The third-order valence-corrected chi connectivity index (χ3v) is 5.62. The molecule has 0 saturated carbocycles. The average Bonchev–Trinajstić information content (AvgIpc) is 2.67. The molecule has 0 radical (unpaired) electrons. The third kappa shape index (κ3) is 3.49. The monoisotopic (exact) mass is 390 g/mol. The van der Waals surface area contributed by atoms with Gasteiger partial charge in [-0.1, -0.05) is 35.3 Å². The molecule has 0 aromatic heterocycles. The van der Waals surface area contributed by atoms with E-state index in [2.05, 4.69) is 4.90 Å². The van der Waals surface area contributed by atoms with Crippen molar-refractivity contribution in [3.05, 3.63) is 58.1 Å². The van der Waals surface area contributed by atoms with E-state index in [4.69, 9.17) is 27.9 Å². The summed E-state index contributed by atoms with van der Waals surface area (Å²) in [6, 6.07) is 13.4. The van der Waals surface area contributed by atoms with Crippen LogP contribution in [0.2, 0.25) is 10.0 Å². The quantitative estimate of drug-likeness (QED) is 0.779. The molecular formula is C20H20Cl2N2O2. The van der Waals surface area contributed by atoms with Crippen LogP contribution in [0, 0.1) is 5.92 Å². The zero-order valence-electron chi connectivity index (χ0n) is 14.3. The van der Waals surface area contributed by atoms with Gasteiger partial charge < -0.3 is 14.5 Å². The Hall–Kier alpha value is -1.91. The number of fused-ring (bicyclic) bond motifs is 1. The molecule has 0 N–H and O–H groups in total. The van der Waals surface area contributed by atoms with E-state index in [-0.39, 0.29) is 11.8 Å². The van der Waals surface area contributed by atoms with E-state index in [1.807, 2.05) is 47.4 Å². The molecule has 6 heteroatoms. The summed E-state index contributed by atoms with van der Waals surface area (Å²) in [6.45, 7) is 3.39. The largest absolute Gasteiger partial charge is 0.492 e. The SMILES string of the molecule is O=C([C@@H]1COc2ccc(Cl)cc2C1)N1CCN(c2ccccc2Cl)CC1. The highest BCUT2D eigenvalue weighted by Crippen LogP contribution is 2.31. The summed E-state index contributed by atoms with van der Waals surface area (Å²) in [5.41, 5.74) is 2.04. The summed E-state index contributed by atoms with van der Waals surface area (Å²) < 4.78 is 5.78. The van der Waals surface area contributed by atoms with E-state index in [1.165, 1.54) is 0 Å². The predicted molar refractivity (Wildman–Crippen MR) is 104 cm³/mol. The van der Waals surface area contributed by atoms with Gasteiger partial charge in [-0.15, -0.1) is 0 Å². The fourth-order valence-corrected chi connectivity index (χ4v) is 4.11. The second-order valence-electron chi connectivity index (χ2n) is 6.73. The Morgan fingerprint density at radius 1 is 1.04 bits per heavy atom. The molecule has 2 aliphatic rings. The summed E-state index contributed by atoms with van der Waals surface area (Å²) in [5.74, 6) is 0.851. The van der Waals surface area contributed by atoms with Crippen LogP contribution < -0.4 is 9.64 Å². The second kappa shape index (κ2) is 7.37. The molecule has 2 aromatic carbocycles. The summed E-state index contributed by atoms with van der Waals surface area (Å²) in [5, 5.41) is 1.43. The number of carbonyl (C=O) groups excluding carboxylic acids is 1. The smallest absolute Gasteiger partial charge is 0.229 e. The van der Waals surface area contributed by atoms with Crippen molar-refractivity contribution >= 4 is 34.8 Å². The first-order chi connectivity index (χ1) is 12.6. The highest BCUT2D eigenvalue weighted by molar-refractivity contribution is 6.33. The van der Waals surface area contributed by atoms with Gasteiger partial charge in [-0.05, 0) is 42.3 Å². The van der Waals surface area contributed by atoms with E-state index in [1.54, 1.807) is 0 Å². The van der Waals surface area contributed by atoms with Crippen molar-refractivity contribution in [1.82, 2.24) is 4.90 Å². The van der Waals surface area contributed by atoms with Crippen LogP contribution in [0.1, 0.15) is 5.56 Å². The van der Waals surface area contributed by atoms with Crippen molar-refractivity contribution in [2.24, 2.45) is 5.92 Å². The van der Waals surface area contributed by atoms with Crippen molar-refractivity contribution in [3.8, 4) is 5.75 Å². The molecular weight excluding hydrogens is 371 g/mol. The summed E-state index contributed by atoms with van der Waals surface area (Å²) in [7, 11) is 0. The Kier molecular flexibility index (Phi) is 4.96. The fourth-order valence-electron chi connectivity index (χ4n) is 3.66. The molecule has 0 unspecified atom stereocenters. The molecule has 0 aliphatic carbocycles. The molecule has 2 heterocycles. The minimum atomic E-state index is -0.146. The van der Waals surface area contributed by atoms with Crippen molar-refractivity contribution in [1.29, 1.82) is 0 Å². The lowest BCUT2D eigenvalue weighted by Crippen LogP contribution is -2.51. The van der Waals surface area contributed by atoms with E-state index < -0.39 is 0 Å². The Labute approximate surface area is 163 Å². The lowest BCUT2D eigenvalue weighted by atomic mass is 9.95. The number of hydrogen-bond acceptors (Lipinski definition) is 3. The first kappa shape index (κ1) is 17.5. The molecule has 1 fully saturated rings. The molecule has 136 valence electrons. The Morgan fingerprint density at radius 3 is 2.58 bits per heavy atom. The van der Waals surface area contributed by atoms with Crippen LogP contribution in [0.4, 0.5) is 5.69 Å². The molecule has 26 heavy (non-hydrogen) atoms. The summed E-state index contributed by atoms with van der Waals surface area (Å²) >= 11 is 12.4. The molecule has 4 rings (SSSR count). The number of piperazine rings is 1. The van der Waals surface area contributed by atoms with Gasteiger partial charge in [-0.3, -0.25) is 4.79 Å². The maximum Gasteiger partial charge on any atom is 0.229 e. The number of anilines is 1. The topological polar surface area (TPSA) is 32.8 Å².